The van der Waals surface area contributed by atoms with Gasteiger partial charge in [0, 0.05) is 0 Å². The second kappa shape index (κ2) is 4.56. The second-order valence-corrected chi connectivity index (χ2v) is 3.57. The summed E-state index contributed by atoms with van der Waals surface area (Å²) < 4.78 is 18.8. The number of hydrogen-bond donors (Lipinski definition) is 0. The van der Waals surface area contributed by atoms with Crippen molar-refractivity contribution in [2.75, 3.05) is 0 Å². The van der Waals surface area contributed by atoms with Crippen molar-refractivity contribution in [3.8, 4) is 5.75 Å². The molecule has 0 amide bonds. The molecule has 0 spiro atoms. The first-order chi connectivity index (χ1) is 6.13. The molecule has 0 aromatic carbocycles. The number of pyridine rings is 1. The van der Waals surface area contributed by atoms with Gasteiger partial charge in [-0.25, -0.2) is 4.98 Å². The first-order valence-electron chi connectivity index (χ1n) is 4.12. The van der Waals surface area contributed by atoms with Crippen LogP contribution in [0, 0.1) is 5.95 Å². The predicted octanol–water partition coefficient (Wildman–Crippen LogP) is 3.16. The van der Waals surface area contributed by atoms with Crippen molar-refractivity contribution < 1.29 is 9.13 Å². The predicted molar refractivity (Wildman–Crippen MR) is 52.3 cm³/mol. The van der Waals surface area contributed by atoms with E-state index in [-0.39, 0.29) is 11.9 Å². The van der Waals surface area contributed by atoms with Crippen molar-refractivity contribution in [2.24, 2.45) is 0 Å². The zero-order valence-electron chi connectivity index (χ0n) is 7.55. The largest absolute Gasteiger partial charge is 0.486 e. The molecule has 0 N–H and O–H groups in total. The summed E-state index contributed by atoms with van der Waals surface area (Å²) in [6, 6.07) is 3.22. The molecule has 0 saturated carbocycles. The van der Waals surface area contributed by atoms with Crippen LogP contribution < -0.4 is 4.74 Å². The minimum absolute atomic E-state index is 0.0116. The summed E-state index contributed by atoms with van der Waals surface area (Å²) in [5.74, 6) is -0.368. The third kappa shape index (κ3) is 2.95. The molecule has 2 nitrogen and oxygen atoms in total. The first-order valence-corrected chi connectivity index (χ1v) is 4.91. The molecule has 0 bridgehead atoms. The Bertz CT molecular complexity index is 293. The van der Waals surface area contributed by atoms with Gasteiger partial charge in [-0.05, 0) is 41.4 Å². The minimum Gasteiger partial charge on any atom is -0.486 e. The molecule has 72 valence electrons. The van der Waals surface area contributed by atoms with Crippen LogP contribution in [0.25, 0.3) is 0 Å². The standard InChI is InChI=1S/C9H11BrFNO/c1-3-6(2)13-7-4-5-8(10)12-9(7)11/h4-6H,3H2,1-2H3. The molecule has 0 fully saturated rings. The molecule has 0 saturated heterocycles. The summed E-state index contributed by atoms with van der Waals surface area (Å²) in [5, 5.41) is 0. The first kappa shape index (κ1) is 10.4. The van der Waals surface area contributed by atoms with E-state index in [0.717, 1.165) is 6.42 Å². The highest BCUT2D eigenvalue weighted by molar-refractivity contribution is 9.10. The molecule has 1 aromatic rings. The van der Waals surface area contributed by atoms with E-state index in [0.29, 0.717) is 4.60 Å². The second-order valence-electron chi connectivity index (χ2n) is 2.76. The smallest absolute Gasteiger partial charge is 0.256 e. The van der Waals surface area contributed by atoms with E-state index in [2.05, 4.69) is 20.9 Å². The van der Waals surface area contributed by atoms with Crippen molar-refractivity contribution in [2.45, 2.75) is 26.4 Å². The van der Waals surface area contributed by atoms with Gasteiger partial charge in [-0.2, -0.15) is 4.39 Å². The Morgan fingerprint density at radius 1 is 1.62 bits per heavy atom. The van der Waals surface area contributed by atoms with Crippen LogP contribution in [0.2, 0.25) is 0 Å². The van der Waals surface area contributed by atoms with Gasteiger partial charge in [-0.3, -0.25) is 0 Å². The van der Waals surface area contributed by atoms with Crippen molar-refractivity contribution in [1.29, 1.82) is 0 Å². The molecule has 0 aliphatic heterocycles. The highest BCUT2D eigenvalue weighted by atomic mass is 79.9. The van der Waals surface area contributed by atoms with Gasteiger partial charge in [0.15, 0.2) is 5.75 Å². The van der Waals surface area contributed by atoms with Gasteiger partial charge >= 0.3 is 0 Å². The summed E-state index contributed by atoms with van der Waals surface area (Å²) in [4.78, 5) is 3.59. The topological polar surface area (TPSA) is 22.1 Å². The molecule has 0 aliphatic carbocycles. The van der Waals surface area contributed by atoms with E-state index in [1.807, 2.05) is 13.8 Å². The Morgan fingerprint density at radius 2 is 2.31 bits per heavy atom. The summed E-state index contributed by atoms with van der Waals surface area (Å²) in [6.45, 7) is 3.87. The van der Waals surface area contributed by atoms with Gasteiger partial charge in [-0.15, -0.1) is 0 Å². The molecule has 1 aromatic heterocycles. The number of aromatic nitrogens is 1. The van der Waals surface area contributed by atoms with Crippen LogP contribution >= 0.6 is 15.9 Å². The lowest BCUT2D eigenvalue weighted by Gasteiger charge is -2.12. The lowest BCUT2D eigenvalue weighted by atomic mass is 10.3. The average molecular weight is 248 g/mol. The lowest BCUT2D eigenvalue weighted by Crippen LogP contribution is -2.11. The van der Waals surface area contributed by atoms with Gasteiger partial charge in [0.05, 0.1) is 6.10 Å². The van der Waals surface area contributed by atoms with E-state index < -0.39 is 5.95 Å². The van der Waals surface area contributed by atoms with Crippen LogP contribution in [0.15, 0.2) is 16.7 Å². The Kier molecular flexibility index (Phi) is 3.66. The zero-order chi connectivity index (χ0) is 9.84. The van der Waals surface area contributed by atoms with Crippen LogP contribution in [0.4, 0.5) is 4.39 Å². The van der Waals surface area contributed by atoms with Gasteiger partial charge in [-0.1, -0.05) is 6.92 Å². The van der Waals surface area contributed by atoms with E-state index in [4.69, 9.17) is 4.74 Å². The van der Waals surface area contributed by atoms with Crippen molar-refractivity contribution in [3.05, 3.63) is 22.7 Å². The Hall–Kier alpha value is -0.640. The van der Waals surface area contributed by atoms with Gasteiger partial charge in [0.25, 0.3) is 5.95 Å². The third-order valence-electron chi connectivity index (χ3n) is 1.68. The maximum atomic E-state index is 13.1. The highest BCUT2D eigenvalue weighted by Crippen LogP contribution is 2.19. The zero-order valence-corrected chi connectivity index (χ0v) is 9.14. The molecule has 0 radical (unpaired) electrons. The molecule has 1 rings (SSSR count). The fraction of sp³-hybridized carbons (Fsp3) is 0.444. The van der Waals surface area contributed by atoms with Crippen LogP contribution in [-0.2, 0) is 0 Å². The quantitative estimate of drug-likeness (QED) is 0.766. The van der Waals surface area contributed by atoms with Gasteiger partial charge in [0.1, 0.15) is 4.60 Å². The fourth-order valence-electron chi connectivity index (χ4n) is 0.787. The highest BCUT2D eigenvalue weighted by Gasteiger charge is 2.08. The molecule has 1 unspecified atom stereocenters. The van der Waals surface area contributed by atoms with E-state index >= 15 is 0 Å². The Labute approximate surface area is 85.3 Å². The number of rotatable bonds is 3. The van der Waals surface area contributed by atoms with Crippen molar-refractivity contribution in [3.63, 3.8) is 0 Å². The van der Waals surface area contributed by atoms with Crippen molar-refractivity contribution >= 4 is 15.9 Å². The van der Waals surface area contributed by atoms with E-state index in [1.165, 1.54) is 0 Å². The molecule has 13 heavy (non-hydrogen) atoms. The van der Waals surface area contributed by atoms with Crippen LogP contribution in [-0.4, -0.2) is 11.1 Å². The fourth-order valence-corrected chi connectivity index (χ4v) is 1.08. The lowest BCUT2D eigenvalue weighted by molar-refractivity contribution is 0.205. The van der Waals surface area contributed by atoms with Crippen LogP contribution in [0.5, 0.6) is 5.75 Å². The summed E-state index contributed by atoms with van der Waals surface area (Å²) >= 11 is 3.07. The Morgan fingerprint density at radius 3 is 2.85 bits per heavy atom. The molecule has 1 heterocycles. The third-order valence-corrected chi connectivity index (χ3v) is 2.13. The summed E-state index contributed by atoms with van der Waals surface area (Å²) in [6.07, 6.45) is 0.854. The normalized spacial score (nSPS) is 12.6. The molecular formula is C9H11BrFNO. The number of nitrogens with zero attached hydrogens (tertiary/aromatic N) is 1. The van der Waals surface area contributed by atoms with Gasteiger partial charge in [0.2, 0.25) is 0 Å². The summed E-state index contributed by atoms with van der Waals surface area (Å²) in [5.41, 5.74) is 0. The van der Waals surface area contributed by atoms with E-state index in [1.54, 1.807) is 12.1 Å². The maximum absolute atomic E-state index is 13.1. The monoisotopic (exact) mass is 247 g/mol. The number of halogens is 2. The van der Waals surface area contributed by atoms with Crippen LogP contribution in [0.3, 0.4) is 0 Å². The number of hydrogen-bond acceptors (Lipinski definition) is 2. The summed E-state index contributed by atoms with van der Waals surface area (Å²) in [7, 11) is 0. The van der Waals surface area contributed by atoms with Crippen molar-refractivity contribution in [1.82, 2.24) is 4.98 Å². The molecule has 0 aliphatic rings. The average Bonchev–Trinajstić information content (AvgIpc) is 2.09. The molecule has 4 heteroatoms. The SMILES string of the molecule is CCC(C)Oc1ccc(Br)nc1F. The Balaban J connectivity index is 2.77. The molecular weight excluding hydrogens is 237 g/mol. The van der Waals surface area contributed by atoms with E-state index in [9.17, 15) is 4.39 Å². The number of ether oxygens (including phenoxy) is 1. The van der Waals surface area contributed by atoms with Crippen LogP contribution in [0.1, 0.15) is 20.3 Å². The molecule has 1 atom stereocenters. The minimum atomic E-state index is -0.574. The van der Waals surface area contributed by atoms with Gasteiger partial charge < -0.3 is 4.74 Å². The maximum Gasteiger partial charge on any atom is 0.256 e.